The topological polar surface area (TPSA) is 40.5 Å². The van der Waals surface area contributed by atoms with Gasteiger partial charge in [-0.25, -0.2) is 0 Å². The molecule has 0 atom stereocenters. The molecular weight excluding hydrogens is 380 g/mol. The molecule has 4 aromatic carbocycles. The van der Waals surface area contributed by atoms with Crippen molar-refractivity contribution in [2.75, 3.05) is 0 Å². The fraction of sp³-hybridized carbons (Fsp3) is 0.172. The van der Waals surface area contributed by atoms with E-state index in [2.05, 4.69) is 76.2 Å². The van der Waals surface area contributed by atoms with E-state index in [9.17, 15) is 10.2 Å². The van der Waals surface area contributed by atoms with Crippen molar-refractivity contribution in [2.24, 2.45) is 0 Å². The number of phenols is 2. The second-order valence-electron chi connectivity index (χ2n) is 8.63. The van der Waals surface area contributed by atoms with Crippen molar-refractivity contribution in [3.63, 3.8) is 0 Å². The molecule has 0 radical (unpaired) electrons. The minimum Gasteiger partial charge on any atom is -0.507 e. The van der Waals surface area contributed by atoms with Gasteiger partial charge in [-0.1, -0.05) is 70.8 Å². The van der Waals surface area contributed by atoms with Crippen molar-refractivity contribution < 1.29 is 10.2 Å². The third-order valence-electron chi connectivity index (χ3n) is 5.60. The van der Waals surface area contributed by atoms with Gasteiger partial charge in [0.15, 0.2) is 0 Å². The SMILES string of the molecule is Cc1cc(C)cc(-c2cc(Cc3ccc(O)c(-c4cc(C)cc(C)c4)c3)ccc2O)c1. The number of phenolic OH excluding ortho intramolecular Hbond substituents is 2. The van der Waals surface area contributed by atoms with Crippen molar-refractivity contribution in [3.8, 4) is 33.8 Å². The van der Waals surface area contributed by atoms with Crippen LogP contribution in [0.4, 0.5) is 0 Å². The molecule has 0 saturated carbocycles. The third kappa shape index (κ3) is 4.64. The van der Waals surface area contributed by atoms with Crippen LogP contribution in [0.3, 0.4) is 0 Å². The number of hydrogen-bond donors (Lipinski definition) is 2. The lowest BCUT2D eigenvalue weighted by atomic mass is 9.94. The second kappa shape index (κ2) is 8.31. The molecule has 0 heterocycles. The van der Waals surface area contributed by atoms with Crippen LogP contribution in [-0.4, -0.2) is 10.2 Å². The Morgan fingerprint density at radius 2 is 0.839 bits per heavy atom. The van der Waals surface area contributed by atoms with Gasteiger partial charge in [-0.15, -0.1) is 0 Å². The molecule has 0 amide bonds. The molecule has 0 aromatic heterocycles. The van der Waals surface area contributed by atoms with Gasteiger partial charge < -0.3 is 10.2 Å². The molecule has 31 heavy (non-hydrogen) atoms. The largest absolute Gasteiger partial charge is 0.507 e. The Hall–Kier alpha value is -3.52. The molecule has 2 heteroatoms. The van der Waals surface area contributed by atoms with Gasteiger partial charge in [0.25, 0.3) is 0 Å². The molecule has 0 saturated heterocycles. The van der Waals surface area contributed by atoms with E-state index in [0.29, 0.717) is 0 Å². The van der Waals surface area contributed by atoms with Gasteiger partial charge in [-0.05, 0) is 80.6 Å². The molecule has 0 bridgehead atoms. The summed E-state index contributed by atoms with van der Waals surface area (Å²) in [5.74, 6) is 0.575. The fourth-order valence-electron chi connectivity index (χ4n) is 4.34. The van der Waals surface area contributed by atoms with E-state index in [1.807, 2.05) is 12.1 Å². The van der Waals surface area contributed by atoms with E-state index < -0.39 is 0 Å². The van der Waals surface area contributed by atoms with Crippen LogP contribution in [-0.2, 0) is 6.42 Å². The van der Waals surface area contributed by atoms with Gasteiger partial charge in [0.1, 0.15) is 11.5 Å². The zero-order chi connectivity index (χ0) is 22.1. The van der Waals surface area contributed by atoms with E-state index in [0.717, 1.165) is 39.8 Å². The van der Waals surface area contributed by atoms with Gasteiger partial charge in [0, 0.05) is 11.1 Å². The normalized spacial score (nSPS) is 11.0. The summed E-state index contributed by atoms with van der Waals surface area (Å²) in [7, 11) is 0. The maximum atomic E-state index is 10.5. The first-order valence-electron chi connectivity index (χ1n) is 10.6. The Bertz CT molecular complexity index is 1130. The monoisotopic (exact) mass is 408 g/mol. The minimum absolute atomic E-state index is 0.287. The molecule has 0 aliphatic rings. The highest BCUT2D eigenvalue weighted by molar-refractivity contribution is 5.73. The van der Waals surface area contributed by atoms with Crippen molar-refractivity contribution in [2.45, 2.75) is 34.1 Å². The first-order valence-corrected chi connectivity index (χ1v) is 10.6. The first kappa shape index (κ1) is 20.7. The first-order chi connectivity index (χ1) is 14.8. The van der Waals surface area contributed by atoms with Crippen LogP contribution >= 0.6 is 0 Å². The molecule has 0 aliphatic heterocycles. The fourth-order valence-corrected chi connectivity index (χ4v) is 4.34. The highest BCUT2D eigenvalue weighted by Gasteiger charge is 2.10. The number of aromatic hydroxyl groups is 2. The maximum Gasteiger partial charge on any atom is 0.123 e. The van der Waals surface area contributed by atoms with E-state index in [1.54, 1.807) is 12.1 Å². The van der Waals surface area contributed by atoms with Crippen molar-refractivity contribution in [1.82, 2.24) is 0 Å². The number of hydrogen-bond acceptors (Lipinski definition) is 2. The van der Waals surface area contributed by atoms with Crippen molar-refractivity contribution in [1.29, 1.82) is 0 Å². The summed E-state index contributed by atoms with van der Waals surface area (Å²) < 4.78 is 0. The Labute approximate surface area is 184 Å². The molecule has 2 N–H and O–H groups in total. The van der Waals surface area contributed by atoms with Gasteiger partial charge in [0.2, 0.25) is 0 Å². The second-order valence-corrected chi connectivity index (χ2v) is 8.63. The summed E-state index contributed by atoms with van der Waals surface area (Å²) in [6.45, 7) is 8.29. The van der Waals surface area contributed by atoms with Gasteiger partial charge in [-0.2, -0.15) is 0 Å². The van der Waals surface area contributed by atoms with E-state index in [-0.39, 0.29) is 11.5 Å². The van der Waals surface area contributed by atoms with Crippen LogP contribution < -0.4 is 0 Å². The van der Waals surface area contributed by atoms with Gasteiger partial charge in [-0.3, -0.25) is 0 Å². The highest BCUT2D eigenvalue weighted by atomic mass is 16.3. The molecule has 0 aliphatic carbocycles. The van der Waals surface area contributed by atoms with E-state index >= 15 is 0 Å². The predicted molar refractivity (Wildman–Crippen MR) is 129 cm³/mol. The van der Waals surface area contributed by atoms with Crippen LogP contribution in [0.25, 0.3) is 22.3 Å². The third-order valence-corrected chi connectivity index (χ3v) is 5.60. The van der Waals surface area contributed by atoms with Gasteiger partial charge in [0.05, 0.1) is 0 Å². The number of benzene rings is 4. The van der Waals surface area contributed by atoms with Crippen molar-refractivity contribution >= 4 is 0 Å². The lowest BCUT2D eigenvalue weighted by Gasteiger charge is -2.12. The lowest BCUT2D eigenvalue weighted by Crippen LogP contribution is -1.92. The summed E-state index contributed by atoms with van der Waals surface area (Å²) in [5.41, 5.74) is 10.7. The van der Waals surface area contributed by atoms with Crippen LogP contribution in [0.2, 0.25) is 0 Å². The lowest BCUT2D eigenvalue weighted by molar-refractivity contribution is 0.477. The summed E-state index contributed by atoms with van der Waals surface area (Å²) in [6, 6.07) is 24.3. The number of rotatable bonds is 4. The summed E-state index contributed by atoms with van der Waals surface area (Å²) in [6.07, 6.45) is 0.718. The minimum atomic E-state index is 0.287. The van der Waals surface area contributed by atoms with Crippen LogP contribution in [0, 0.1) is 27.7 Å². The predicted octanol–water partition coefficient (Wildman–Crippen LogP) is 7.26. The molecule has 156 valence electrons. The van der Waals surface area contributed by atoms with E-state index in [1.165, 1.54) is 22.3 Å². The average Bonchev–Trinajstić information content (AvgIpc) is 2.69. The van der Waals surface area contributed by atoms with Crippen LogP contribution in [0.15, 0.2) is 72.8 Å². The summed E-state index contributed by atoms with van der Waals surface area (Å²) in [5, 5.41) is 21.0. The molecule has 4 aromatic rings. The molecule has 2 nitrogen and oxygen atoms in total. The molecule has 0 spiro atoms. The quantitative estimate of drug-likeness (QED) is 0.373. The van der Waals surface area contributed by atoms with Crippen molar-refractivity contribution in [3.05, 3.63) is 106 Å². The summed E-state index contributed by atoms with van der Waals surface area (Å²) in [4.78, 5) is 0. The Balaban J connectivity index is 1.70. The zero-order valence-electron chi connectivity index (χ0n) is 18.5. The Morgan fingerprint density at radius 1 is 0.484 bits per heavy atom. The maximum absolute atomic E-state index is 10.5. The van der Waals surface area contributed by atoms with Crippen LogP contribution in [0.5, 0.6) is 11.5 Å². The highest BCUT2D eigenvalue weighted by Crippen LogP contribution is 2.34. The molecule has 0 fully saturated rings. The number of aryl methyl sites for hydroxylation is 4. The zero-order valence-corrected chi connectivity index (χ0v) is 18.5. The molecule has 4 rings (SSSR count). The summed E-state index contributed by atoms with van der Waals surface area (Å²) >= 11 is 0. The van der Waals surface area contributed by atoms with E-state index in [4.69, 9.17) is 0 Å². The Kier molecular flexibility index (Phi) is 5.56. The molecular formula is C29H28O2. The average molecular weight is 409 g/mol. The van der Waals surface area contributed by atoms with Gasteiger partial charge >= 0.3 is 0 Å². The smallest absolute Gasteiger partial charge is 0.123 e. The Morgan fingerprint density at radius 3 is 1.19 bits per heavy atom. The van der Waals surface area contributed by atoms with Crippen LogP contribution in [0.1, 0.15) is 33.4 Å². The molecule has 0 unspecified atom stereocenters. The standard InChI is InChI=1S/C29H28O2/c1-18-9-19(2)12-24(11-18)26-16-22(5-7-28(26)30)15-23-6-8-29(31)27(17-23)25-13-20(3)10-21(4)14-25/h5-14,16-17,30-31H,15H2,1-4H3.